The molecule has 1 nitrogen and oxygen atoms in total. The topological polar surface area (TPSA) is 12.0 Å². The second kappa shape index (κ2) is 10.0. The minimum absolute atomic E-state index is 0.673. The van der Waals surface area contributed by atoms with Gasteiger partial charge in [0.1, 0.15) is 0 Å². The summed E-state index contributed by atoms with van der Waals surface area (Å²) in [7, 11) is 0. The summed E-state index contributed by atoms with van der Waals surface area (Å²) in [5.74, 6) is 1.54. The van der Waals surface area contributed by atoms with Crippen LogP contribution >= 0.6 is 0 Å². The quantitative estimate of drug-likeness (QED) is 0.585. The molecule has 0 saturated carbocycles. The monoisotopic (exact) mass is 261 g/mol. The first-order chi connectivity index (χ1) is 9.27. The molecule has 19 heavy (non-hydrogen) atoms. The Morgan fingerprint density at radius 2 is 1.68 bits per heavy atom. The Bertz CT molecular complexity index is 307. The van der Waals surface area contributed by atoms with Gasteiger partial charge in [0, 0.05) is 6.54 Å². The molecule has 0 aliphatic heterocycles. The van der Waals surface area contributed by atoms with Crippen molar-refractivity contribution < 1.29 is 0 Å². The van der Waals surface area contributed by atoms with E-state index < -0.39 is 0 Å². The van der Waals surface area contributed by atoms with E-state index in [1.165, 1.54) is 37.7 Å². The van der Waals surface area contributed by atoms with E-state index in [0.717, 1.165) is 19.0 Å². The van der Waals surface area contributed by atoms with Crippen LogP contribution in [0.3, 0.4) is 0 Å². The maximum atomic E-state index is 3.59. The van der Waals surface area contributed by atoms with Gasteiger partial charge in [0.05, 0.1) is 0 Å². The van der Waals surface area contributed by atoms with Crippen molar-refractivity contribution in [3.8, 4) is 0 Å². The van der Waals surface area contributed by atoms with Crippen LogP contribution in [0.25, 0.3) is 0 Å². The van der Waals surface area contributed by atoms with E-state index in [1.807, 2.05) is 0 Å². The van der Waals surface area contributed by atoms with Gasteiger partial charge >= 0.3 is 0 Å². The molecule has 1 aromatic carbocycles. The summed E-state index contributed by atoms with van der Waals surface area (Å²) in [6, 6.07) is 11.0. The normalized spacial score (nSPS) is 14.3. The maximum Gasteiger partial charge on any atom is 0.00201 e. The van der Waals surface area contributed by atoms with Crippen molar-refractivity contribution in [2.45, 2.75) is 58.8 Å². The fraction of sp³-hybridized carbons (Fsp3) is 0.667. The van der Waals surface area contributed by atoms with Gasteiger partial charge < -0.3 is 5.32 Å². The van der Waals surface area contributed by atoms with E-state index in [0.29, 0.717) is 5.92 Å². The number of hydrogen-bond acceptors (Lipinski definition) is 1. The van der Waals surface area contributed by atoms with E-state index in [4.69, 9.17) is 0 Å². The summed E-state index contributed by atoms with van der Waals surface area (Å²) in [4.78, 5) is 0. The van der Waals surface area contributed by atoms with Crippen LogP contribution in [0.2, 0.25) is 0 Å². The van der Waals surface area contributed by atoms with Crippen molar-refractivity contribution in [1.82, 2.24) is 5.32 Å². The smallest absolute Gasteiger partial charge is 0.00201 e. The highest BCUT2D eigenvalue weighted by atomic mass is 14.8. The molecule has 0 amide bonds. The summed E-state index contributed by atoms with van der Waals surface area (Å²) in [5.41, 5.74) is 1.50. The van der Waals surface area contributed by atoms with Crippen molar-refractivity contribution in [3.63, 3.8) is 0 Å². The van der Waals surface area contributed by atoms with Crippen LogP contribution in [0.5, 0.6) is 0 Å². The van der Waals surface area contributed by atoms with Gasteiger partial charge in [-0.1, -0.05) is 70.4 Å². The van der Waals surface area contributed by atoms with Crippen LogP contribution < -0.4 is 5.32 Å². The number of hydrogen-bond donors (Lipinski definition) is 1. The van der Waals surface area contributed by atoms with E-state index in [9.17, 15) is 0 Å². The Hall–Kier alpha value is -0.820. The fourth-order valence-electron chi connectivity index (χ4n) is 2.69. The first-order valence-corrected chi connectivity index (χ1v) is 8.03. The van der Waals surface area contributed by atoms with E-state index in [2.05, 4.69) is 56.4 Å². The maximum absolute atomic E-state index is 3.59. The fourth-order valence-corrected chi connectivity index (χ4v) is 2.69. The van der Waals surface area contributed by atoms with Gasteiger partial charge in [-0.25, -0.2) is 0 Å². The predicted octanol–water partition coefficient (Wildman–Crippen LogP) is 4.99. The molecule has 1 aromatic rings. The lowest BCUT2D eigenvalue weighted by atomic mass is 9.89. The molecule has 0 fully saturated rings. The first-order valence-electron chi connectivity index (χ1n) is 8.03. The summed E-state index contributed by atoms with van der Waals surface area (Å²) < 4.78 is 0. The van der Waals surface area contributed by atoms with Gasteiger partial charge in [0.25, 0.3) is 0 Å². The molecule has 1 heteroatoms. The zero-order chi connectivity index (χ0) is 13.9. The average molecular weight is 261 g/mol. The lowest BCUT2D eigenvalue weighted by molar-refractivity contribution is 0.430. The third-order valence-corrected chi connectivity index (χ3v) is 3.88. The summed E-state index contributed by atoms with van der Waals surface area (Å²) in [6.45, 7) is 9.16. The molecule has 108 valence electrons. The van der Waals surface area contributed by atoms with Gasteiger partial charge in [-0.2, -0.15) is 0 Å². The van der Waals surface area contributed by atoms with E-state index in [1.54, 1.807) is 0 Å². The number of rotatable bonds is 10. The number of nitrogens with one attached hydrogen (secondary N) is 1. The minimum Gasteiger partial charge on any atom is -0.316 e. The van der Waals surface area contributed by atoms with Gasteiger partial charge in [0.15, 0.2) is 0 Å². The summed E-state index contributed by atoms with van der Waals surface area (Å²) >= 11 is 0. The lowest BCUT2D eigenvalue weighted by Crippen LogP contribution is -2.22. The summed E-state index contributed by atoms with van der Waals surface area (Å²) in [6.07, 6.45) is 6.55. The zero-order valence-electron chi connectivity index (χ0n) is 13.0. The Balaban J connectivity index is 2.49. The van der Waals surface area contributed by atoms with Crippen LogP contribution in [0.4, 0.5) is 0 Å². The molecule has 1 N–H and O–H groups in total. The Kier molecular flexibility index (Phi) is 8.57. The Morgan fingerprint density at radius 1 is 0.947 bits per heavy atom. The van der Waals surface area contributed by atoms with Crippen molar-refractivity contribution in [2.24, 2.45) is 5.92 Å². The van der Waals surface area contributed by atoms with Crippen molar-refractivity contribution in [1.29, 1.82) is 0 Å². The van der Waals surface area contributed by atoms with Crippen molar-refractivity contribution in [2.75, 3.05) is 13.1 Å². The molecular weight excluding hydrogens is 230 g/mol. The highest BCUT2D eigenvalue weighted by Crippen LogP contribution is 2.24. The number of benzene rings is 1. The van der Waals surface area contributed by atoms with Crippen molar-refractivity contribution >= 4 is 0 Å². The molecule has 0 spiro atoms. The third-order valence-electron chi connectivity index (χ3n) is 3.88. The van der Waals surface area contributed by atoms with E-state index >= 15 is 0 Å². The van der Waals surface area contributed by atoms with Crippen LogP contribution in [-0.4, -0.2) is 13.1 Å². The predicted molar refractivity (Wildman–Crippen MR) is 85.6 cm³/mol. The first kappa shape index (κ1) is 16.2. The van der Waals surface area contributed by atoms with Crippen LogP contribution in [0.1, 0.15) is 64.4 Å². The summed E-state index contributed by atoms with van der Waals surface area (Å²) in [5, 5.41) is 3.59. The van der Waals surface area contributed by atoms with E-state index in [-0.39, 0.29) is 0 Å². The second-order valence-electron chi connectivity index (χ2n) is 5.78. The van der Waals surface area contributed by atoms with Gasteiger partial charge in [-0.15, -0.1) is 0 Å². The average Bonchev–Trinajstić information content (AvgIpc) is 2.44. The lowest BCUT2D eigenvalue weighted by Gasteiger charge is -2.20. The molecule has 0 saturated heterocycles. The minimum atomic E-state index is 0.673. The van der Waals surface area contributed by atoms with Gasteiger partial charge in [-0.05, 0) is 36.8 Å². The molecule has 2 unspecified atom stereocenters. The molecule has 0 aromatic heterocycles. The molecule has 1 rings (SSSR count). The molecule has 2 atom stereocenters. The molecule has 0 radical (unpaired) electrons. The standard InChI is InChI=1S/C18H31N/c1-4-9-16(3)12-13-18(15-19-14-5-2)17-10-7-6-8-11-17/h6-8,10-11,16,18-19H,4-5,9,12-15H2,1-3H3. The third kappa shape index (κ3) is 6.77. The molecule has 0 aliphatic carbocycles. The molecule has 0 heterocycles. The largest absolute Gasteiger partial charge is 0.316 e. The Labute approximate surface area is 119 Å². The van der Waals surface area contributed by atoms with Crippen LogP contribution in [0.15, 0.2) is 30.3 Å². The molecule has 0 bridgehead atoms. The second-order valence-corrected chi connectivity index (χ2v) is 5.78. The van der Waals surface area contributed by atoms with Crippen LogP contribution in [0, 0.1) is 5.92 Å². The van der Waals surface area contributed by atoms with Crippen LogP contribution in [-0.2, 0) is 0 Å². The van der Waals surface area contributed by atoms with Gasteiger partial charge in [-0.3, -0.25) is 0 Å². The SMILES string of the molecule is CCCNCC(CCC(C)CCC)c1ccccc1. The zero-order valence-corrected chi connectivity index (χ0v) is 13.0. The highest BCUT2D eigenvalue weighted by Gasteiger charge is 2.12. The Morgan fingerprint density at radius 3 is 2.32 bits per heavy atom. The van der Waals surface area contributed by atoms with Crippen molar-refractivity contribution in [3.05, 3.63) is 35.9 Å². The van der Waals surface area contributed by atoms with Gasteiger partial charge in [0.2, 0.25) is 0 Å². The molecule has 0 aliphatic rings. The highest BCUT2D eigenvalue weighted by molar-refractivity contribution is 5.19. The molecular formula is C18H31N.